The smallest absolute Gasteiger partial charge is 0.223 e. The molecule has 0 spiro atoms. The number of hydrogen-bond acceptors (Lipinski definition) is 4. The van der Waals surface area contributed by atoms with E-state index in [-0.39, 0.29) is 11.8 Å². The molecule has 1 aliphatic heterocycles. The highest BCUT2D eigenvalue weighted by Crippen LogP contribution is 2.31. The molecule has 1 atom stereocenters. The first-order chi connectivity index (χ1) is 13.7. The zero-order valence-corrected chi connectivity index (χ0v) is 16.3. The van der Waals surface area contributed by atoms with E-state index in [2.05, 4.69) is 25.9 Å². The number of rotatable bonds is 7. The van der Waals surface area contributed by atoms with Crippen LogP contribution >= 0.6 is 0 Å². The summed E-state index contributed by atoms with van der Waals surface area (Å²) in [5.74, 6) is 1.75. The van der Waals surface area contributed by atoms with Crippen molar-refractivity contribution in [1.29, 1.82) is 0 Å². The second kappa shape index (κ2) is 7.96. The molecule has 0 saturated carbocycles. The van der Waals surface area contributed by atoms with E-state index in [1.165, 1.54) is 0 Å². The van der Waals surface area contributed by atoms with Crippen LogP contribution in [0.2, 0.25) is 0 Å². The third-order valence-corrected chi connectivity index (χ3v) is 5.45. The number of nitrogens with zero attached hydrogens (tertiary/aromatic N) is 2. The fourth-order valence-electron chi connectivity index (χ4n) is 3.89. The van der Waals surface area contributed by atoms with Crippen molar-refractivity contribution in [3.05, 3.63) is 42.1 Å². The van der Waals surface area contributed by atoms with Gasteiger partial charge in [0.05, 0.1) is 26.1 Å². The molecule has 0 fully saturated rings. The number of ether oxygens (including phenoxy) is 2. The standard InChI is InChI=1S/C21H26N4O3/c1-27-17-10-19-18(20(11-17)28-2)9-15(24-19)4-3-6-23-21(26)14-5-7-25-13-22-12-16(25)8-14/h9-14,24H,3-8H2,1-2H3,(H,23,26)/t14-/m1/s1. The van der Waals surface area contributed by atoms with Gasteiger partial charge >= 0.3 is 0 Å². The molecule has 1 aliphatic rings. The number of nitrogens with one attached hydrogen (secondary N) is 2. The summed E-state index contributed by atoms with van der Waals surface area (Å²) in [7, 11) is 3.31. The number of aryl methyl sites for hydroxylation is 2. The lowest BCUT2D eigenvalue weighted by Crippen LogP contribution is -2.35. The molecule has 0 unspecified atom stereocenters. The van der Waals surface area contributed by atoms with Gasteiger partial charge in [-0.25, -0.2) is 4.98 Å². The predicted octanol–water partition coefficient (Wildman–Crippen LogP) is 2.69. The van der Waals surface area contributed by atoms with E-state index in [0.29, 0.717) is 6.54 Å². The van der Waals surface area contributed by atoms with Gasteiger partial charge in [-0.15, -0.1) is 0 Å². The maximum atomic E-state index is 12.5. The van der Waals surface area contributed by atoms with Crippen molar-refractivity contribution in [2.45, 2.75) is 32.2 Å². The van der Waals surface area contributed by atoms with Gasteiger partial charge in [-0.2, -0.15) is 0 Å². The van der Waals surface area contributed by atoms with E-state index in [0.717, 1.165) is 66.0 Å². The molecule has 7 nitrogen and oxygen atoms in total. The quantitative estimate of drug-likeness (QED) is 0.616. The van der Waals surface area contributed by atoms with Gasteiger partial charge in [-0.3, -0.25) is 4.79 Å². The third-order valence-electron chi connectivity index (χ3n) is 5.45. The number of imidazole rings is 1. The molecule has 2 N–H and O–H groups in total. The van der Waals surface area contributed by atoms with Crippen LogP contribution in [-0.2, 0) is 24.2 Å². The normalized spacial score (nSPS) is 16.0. The van der Waals surface area contributed by atoms with E-state index in [4.69, 9.17) is 9.47 Å². The number of benzene rings is 1. The summed E-state index contributed by atoms with van der Waals surface area (Å²) in [5, 5.41) is 4.14. The molecule has 0 saturated heterocycles. The largest absolute Gasteiger partial charge is 0.497 e. The number of amides is 1. The average molecular weight is 382 g/mol. The van der Waals surface area contributed by atoms with Crippen LogP contribution in [0, 0.1) is 5.92 Å². The van der Waals surface area contributed by atoms with E-state index in [9.17, 15) is 4.79 Å². The van der Waals surface area contributed by atoms with E-state index < -0.39 is 0 Å². The Bertz CT molecular complexity index is 975. The Morgan fingerprint density at radius 2 is 2.21 bits per heavy atom. The van der Waals surface area contributed by atoms with Gasteiger partial charge in [-0.1, -0.05) is 0 Å². The Kier molecular flexibility index (Phi) is 5.23. The SMILES string of the molecule is COc1cc(OC)c2cc(CCCNC(=O)[C@@H]3CCn4cncc4C3)[nH]c2c1. The van der Waals surface area contributed by atoms with Crippen LogP contribution in [0.3, 0.4) is 0 Å². The first kappa shape index (κ1) is 18.4. The molecule has 148 valence electrons. The van der Waals surface area contributed by atoms with Gasteiger partial charge in [0.1, 0.15) is 11.5 Å². The Morgan fingerprint density at radius 3 is 3.04 bits per heavy atom. The lowest BCUT2D eigenvalue weighted by molar-refractivity contribution is -0.125. The first-order valence-corrected chi connectivity index (χ1v) is 9.68. The van der Waals surface area contributed by atoms with Crippen molar-refractivity contribution in [3.63, 3.8) is 0 Å². The number of fused-ring (bicyclic) bond motifs is 2. The second-order valence-corrected chi connectivity index (χ2v) is 7.25. The molecule has 0 radical (unpaired) electrons. The number of hydrogen-bond donors (Lipinski definition) is 2. The molecule has 4 rings (SSSR count). The Hall–Kier alpha value is -2.96. The van der Waals surface area contributed by atoms with Crippen molar-refractivity contribution in [3.8, 4) is 11.5 Å². The van der Waals surface area contributed by atoms with Gasteiger partial charge in [0.15, 0.2) is 0 Å². The highest BCUT2D eigenvalue weighted by Gasteiger charge is 2.24. The zero-order valence-electron chi connectivity index (χ0n) is 16.3. The minimum Gasteiger partial charge on any atom is -0.497 e. The van der Waals surface area contributed by atoms with Crippen LogP contribution in [0.5, 0.6) is 11.5 Å². The number of H-pyrrole nitrogens is 1. The highest BCUT2D eigenvalue weighted by molar-refractivity contribution is 5.88. The maximum absolute atomic E-state index is 12.5. The van der Waals surface area contributed by atoms with Crippen molar-refractivity contribution in [2.24, 2.45) is 5.92 Å². The molecule has 0 bridgehead atoms. The number of carbonyl (C=O) groups excluding carboxylic acids is 1. The van der Waals surface area contributed by atoms with Crippen LogP contribution in [0.4, 0.5) is 0 Å². The summed E-state index contributed by atoms with van der Waals surface area (Å²) in [5.41, 5.74) is 3.26. The molecule has 3 aromatic rings. The van der Waals surface area contributed by atoms with E-state index in [1.807, 2.05) is 24.7 Å². The monoisotopic (exact) mass is 382 g/mol. The molecule has 1 aromatic carbocycles. The fraction of sp³-hybridized carbons (Fsp3) is 0.429. The highest BCUT2D eigenvalue weighted by atomic mass is 16.5. The minimum absolute atomic E-state index is 0.0500. The molecule has 2 aromatic heterocycles. The van der Waals surface area contributed by atoms with Gasteiger partial charge in [0, 0.05) is 60.5 Å². The fourth-order valence-corrected chi connectivity index (χ4v) is 3.89. The van der Waals surface area contributed by atoms with Crippen LogP contribution in [-0.4, -0.2) is 41.2 Å². The Labute approximate surface area is 164 Å². The average Bonchev–Trinajstić information content (AvgIpc) is 3.35. The first-order valence-electron chi connectivity index (χ1n) is 9.68. The summed E-state index contributed by atoms with van der Waals surface area (Å²) in [6.45, 7) is 1.54. The van der Waals surface area contributed by atoms with Gasteiger partial charge in [0.2, 0.25) is 5.91 Å². The minimum atomic E-state index is 0.0500. The summed E-state index contributed by atoms with van der Waals surface area (Å²) in [4.78, 5) is 20.0. The molecular weight excluding hydrogens is 356 g/mol. The van der Waals surface area contributed by atoms with Crippen molar-refractivity contribution in [2.75, 3.05) is 20.8 Å². The molecule has 0 aliphatic carbocycles. The predicted molar refractivity (Wildman–Crippen MR) is 107 cm³/mol. The van der Waals surface area contributed by atoms with Gasteiger partial charge < -0.3 is 24.3 Å². The van der Waals surface area contributed by atoms with E-state index >= 15 is 0 Å². The van der Waals surface area contributed by atoms with Crippen LogP contribution < -0.4 is 14.8 Å². The van der Waals surface area contributed by atoms with E-state index in [1.54, 1.807) is 14.2 Å². The van der Waals surface area contributed by atoms with Crippen molar-refractivity contribution >= 4 is 16.8 Å². The molecule has 7 heteroatoms. The summed E-state index contributed by atoms with van der Waals surface area (Å²) >= 11 is 0. The zero-order chi connectivity index (χ0) is 19.5. The second-order valence-electron chi connectivity index (χ2n) is 7.25. The number of aromatic amines is 1. The lowest BCUT2D eigenvalue weighted by atomic mass is 9.95. The van der Waals surface area contributed by atoms with Crippen molar-refractivity contribution in [1.82, 2.24) is 19.9 Å². The maximum Gasteiger partial charge on any atom is 0.223 e. The van der Waals surface area contributed by atoms with Crippen molar-refractivity contribution < 1.29 is 14.3 Å². The molecular formula is C21H26N4O3. The summed E-state index contributed by atoms with van der Waals surface area (Å²) in [6.07, 6.45) is 7.09. The van der Waals surface area contributed by atoms with Gasteiger partial charge in [-0.05, 0) is 25.3 Å². The molecule has 3 heterocycles. The van der Waals surface area contributed by atoms with Gasteiger partial charge in [0.25, 0.3) is 0 Å². The number of aromatic nitrogens is 3. The third kappa shape index (κ3) is 3.69. The van der Waals surface area contributed by atoms with Crippen LogP contribution in [0.1, 0.15) is 24.2 Å². The van der Waals surface area contributed by atoms with Crippen LogP contribution in [0.25, 0.3) is 10.9 Å². The van der Waals surface area contributed by atoms with Crippen LogP contribution in [0.15, 0.2) is 30.7 Å². The molecule has 1 amide bonds. The topological polar surface area (TPSA) is 81.2 Å². The summed E-state index contributed by atoms with van der Waals surface area (Å²) < 4.78 is 12.9. The molecule has 28 heavy (non-hydrogen) atoms. The number of carbonyl (C=O) groups is 1. The lowest BCUT2D eigenvalue weighted by Gasteiger charge is -2.22. The number of methoxy groups -OCH3 is 2. The Morgan fingerprint density at radius 1 is 1.32 bits per heavy atom. The summed E-state index contributed by atoms with van der Waals surface area (Å²) in [6, 6.07) is 5.96. The Balaban J connectivity index is 1.30.